The van der Waals surface area contributed by atoms with Gasteiger partial charge in [-0.15, -0.1) is 0 Å². The fraction of sp³-hybridized carbons (Fsp3) is 0.548. The van der Waals surface area contributed by atoms with Gasteiger partial charge < -0.3 is 14.8 Å². The SMILES string of the molecule is CCCCCCCCCCCCOCCCN1C(C(Br)C(=O)Nc2ccccc2OC)=Nc2ccccc2S1(=O)=O. The van der Waals surface area contributed by atoms with Crippen molar-refractivity contribution in [2.75, 3.05) is 32.2 Å². The minimum Gasteiger partial charge on any atom is -0.495 e. The summed E-state index contributed by atoms with van der Waals surface area (Å²) in [5.41, 5.74) is 0.793. The van der Waals surface area contributed by atoms with E-state index in [9.17, 15) is 13.2 Å². The number of rotatable bonds is 19. The number of amidine groups is 1. The Kier molecular flexibility index (Phi) is 14.1. The number of hydrogen-bond donors (Lipinski definition) is 1. The Morgan fingerprint density at radius 2 is 1.51 bits per heavy atom. The lowest BCUT2D eigenvalue weighted by Gasteiger charge is -2.31. The summed E-state index contributed by atoms with van der Waals surface area (Å²) in [6.07, 6.45) is 13.1. The van der Waals surface area contributed by atoms with Crippen LogP contribution in [0.5, 0.6) is 5.75 Å². The quantitative estimate of drug-likeness (QED) is 0.126. The fourth-order valence-corrected chi connectivity index (χ4v) is 7.00. The molecule has 1 aliphatic heterocycles. The van der Waals surface area contributed by atoms with Gasteiger partial charge in [-0.1, -0.05) is 105 Å². The van der Waals surface area contributed by atoms with Crippen LogP contribution in [-0.2, 0) is 19.6 Å². The molecule has 1 aliphatic rings. The maximum atomic E-state index is 13.6. The third-order valence-corrected chi connectivity index (χ3v) is 9.71. The Bertz CT molecular complexity index is 1240. The van der Waals surface area contributed by atoms with Crippen LogP contribution in [0.4, 0.5) is 11.4 Å². The van der Waals surface area contributed by atoms with E-state index in [4.69, 9.17) is 9.47 Å². The molecule has 3 rings (SSSR count). The second-order valence-corrected chi connectivity index (χ2v) is 13.0. The van der Waals surface area contributed by atoms with E-state index in [2.05, 4.69) is 33.2 Å². The van der Waals surface area contributed by atoms with Crippen LogP contribution in [0.3, 0.4) is 0 Å². The number of unbranched alkanes of at least 4 members (excludes halogenated alkanes) is 9. The van der Waals surface area contributed by atoms with Crippen molar-refractivity contribution >= 4 is 49.1 Å². The van der Waals surface area contributed by atoms with E-state index >= 15 is 0 Å². The Morgan fingerprint density at radius 1 is 0.902 bits per heavy atom. The number of nitrogens with zero attached hydrogens (tertiary/aromatic N) is 2. The largest absolute Gasteiger partial charge is 0.495 e. The molecule has 0 bridgehead atoms. The van der Waals surface area contributed by atoms with Crippen molar-refractivity contribution in [3.8, 4) is 5.75 Å². The summed E-state index contributed by atoms with van der Waals surface area (Å²) in [6.45, 7) is 3.48. The Hall–Kier alpha value is -2.43. The van der Waals surface area contributed by atoms with Gasteiger partial charge in [0.05, 0.1) is 18.5 Å². The summed E-state index contributed by atoms with van der Waals surface area (Å²) < 4.78 is 39.6. The van der Waals surface area contributed by atoms with Crippen LogP contribution in [0.1, 0.15) is 77.6 Å². The number of benzene rings is 2. The highest BCUT2D eigenvalue weighted by Crippen LogP contribution is 2.34. The predicted molar refractivity (Wildman–Crippen MR) is 169 cm³/mol. The smallest absolute Gasteiger partial charge is 0.267 e. The number of para-hydroxylation sites is 3. The molecular weight excluding hydrogens is 606 g/mol. The number of ether oxygens (including phenoxy) is 2. The van der Waals surface area contributed by atoms with Gasteiger partial charge in [0, 0.05) is 19.8 Å². The van der Waals surface area contributed by atoms with Gasteiger partial charge >= 0.3 is 0 Å². The maximum Gasteiger partial charge on any atom is 0.267 e. The summed E-state index contributed by atoms with van der Waals surface area (Å²) in [6, 6.07) is 13.6. The molecule has 1 N–H and O–H groups in total. The van der Waals surface area contributed by atoms with Crippen LogP contribution in [-0.4, -0.2) is 56.2 Å². The van der Waals surface area contributed by atoms with E-state index in [1.165, 1.54) is 68.8 Å². The van der Waals surface area contributed by atoms with Crippen molar-refractivity contribution in [2.24, 2.45) is 4.99 Å². The van der Waals surface area contributed by atoms with E-state index in [1.807, 2.05) is 0 Å². The third-order valence-electron chi connectivity index (χ3n) is 7.04. The van der Waals surface area contributed by atoms with Crippen LogP contribution in [0.25, 0.3) is 0 Å². The number of sulfonamides is 1. The number of carbonyl (C=O) groups excluding carboxylic acids is 1. The first-order valence-corrected chi connectivity index (χ1v) is 17.1. The van der Waals surface area contributed by atoms with E-state index in [0.29, 0.717) is 36.8 Å². The van der Waals surface area contributed by atoms with E-state index in [-0.39, 0.29) is 17.3 Å². The van der Waals surface area contributed by atoms with E-state index < -0.39 is 20.8 Å². The lowest BCUT2D eigenvalue weighted by atomic mass is 10.1. The topological polar surface area (TPSA) is 97.3 Å². The molecule has 0 spiro atoms. The number of fused-ring (bicyclic) bond motifs is 1. The van der Waals surface area contributed by atoms with Gasteiger partial charge in [0.1, 0.15) is 16.5 Å². The average Bonchev–Trinajstić information content (AvgIpc) is 2.98. The standard InChI is InChI=1S/C31H44BrN3O5S/c1-3-4-5-6-7-8-9-10-11-16-23-40-24-17-22-35-30(33-26-19-13-15-21-28(26)41(35,37)38)29(32)31(36)34-25-18-12-14-20-27(25)39-2/h12-15,18-21,29H,3-11,16-17,22-24H2,1-2H3,(H,34,36). The van der Waals surface area contributed by atoms with Gasteiger partial charge in [-0.3, -0.25) is 9.10 Å². The molecule has 0 fully saturated rings. The van der Waals surface area contributed by atoms with Gasteiger partial charge in [0.25, 0.3) is 10.0 Å². The zero-order chi connectivity index (χ0) is 29.5. The zero-order valence-corrected chi connectivity index (χ0v) is 26.7. The number of amides is 1. The Labute approximate surface area is 254 Å². The number of methoxy groups -OCH3 is 1. The molecule has 2 aromatic rings. The first kappa shape index (κ1) is 33.1. The molecule has 41 heavy (non-hydrogen) atoms. The minimum atomic E-state index is -3.90. The molecule has 0 saturated heterocycles. The predicted octanol–water partition coefficient (Wildman–Crippen LogP) is 7.46. The highest BCUT2D eigenvalue weighted by atomic mass is 79.9. The number of hydrogen-bond acceptors (Lipinski definition) is 6. The number of carbonyl (C=O) groups is 1. The van der Waals surface area contributed by atoms with E-state index in [0.717, 1.165) is 12.8 Å². The van der Waals surface area contributed by atoms with Crippen LogP contribution >= 0.6 is 15.9 Å². The van der Waals surface area contributed by atoms with Crippen molar-refractivity contribution in [3.63, 3.8) is 0 Å². The zero-order valence-electron chi connectivity index (χ0n) is 24.3. The fourth-order valence-electron chi connectivity index (χ4n) is 4.77. The molecule has 0 radical (unpaired) electrons. The Balaban J connectivity index is 1.52. The second-order valence-electron chi connectivity index (χ2n) is 10.2. The molecule has 226 valence electrons. The molecule has 1 unspecified atom stereocenters. The monoisotopic (exact) mass is 649 g/mol. The van der Waals surface area contributed by atoms with Crippen molar-refractivity contribution in [1.29, 1.82) is 0 Å². The molecule has 10 heteroatoms. The summed E-state index contributed by atoms with van der Waals surface area (Å²) in [4.78, 5) is 16.9. The van der Waals surface area contributed by atoms with Gasteiger partial charge in [0.15, 0.2) is 4.83 Å². The maximum absolute atomic E-state index is 13.6. The molecule has 0 aliphatic carbocycles. The van der Waals surface area contributed by atoms with Crippen molar-refractivity contribution in [1.82, 2.24) is 4.31 Å². The number of alkyl halides is 1. The molecule has 2 aromatic carbocycles. The van der Waals surface area contributed by atoms with Gasteiger partial charge in [-0.2, -0.15) is 0 Å². The van der Waals surface area contributed by atoms with Crippen LogP contribution in [0.2, 0.25) is 0 Å². The highest BCUT2D eigenvalue weighted by Gasteiger charge is 2.38. The van der Waals surface area contributed by atoms with Gasteiger partial charge in [-0.05, 0) is 37.1 Å². The lowest BCUT2D eigenvalue weighted by molar-refractivity contribution is -0.114. The van der Waals surface area contributed by atoms with Crippen molar-refractivity contribution in [3.05, 3.63) is 48.5 Å². The van der Waals surface area contributed by atoms with Crippen LogP contribution < -0.4 is 10.1 Å². The van der Waals surface area contributed by atoms with Crippen LogP contribution in [0.15, 0.2) is 58.4 Å². The first-order chi connectivity index (χ1) is 19.9. The van der Waals surface area contributed by atoms with Gasteiger partial charge in [-0.25, -0.2) is 13.4 Å². The summed E-state index contributed by atoms with van der Waals surface area (Å²) >= 11 is 3.42. The van der Waals surface area contributed by atoms with E-state index in [1.54, 1.807) is 42.5 Å². The van der Waals surface area contributed by atoms with Crippen LogP contribution in [0, 0.1) is 0 Å². The second kappa shape index (κ2) is 17.5. The minimum absolute atomic E-state index is 0.116. The molecule has 8 nitrogen and oxygen atoms in total. The van der Waals surface area contributed by atoms with Gasteiger partial charge in [0.2, 0.25) is 5.91 Å². The number of anilines is 1. The molecule has 0 aromatic heterocycles. The first-order valence-electron chi connectivity index (χ1n) is 14.8. The number of halogens is 1. The summed E-state index contributed by atoms with van der Waals surface area (Å²) in [5, 5.41) is 2.81. The van der Waals surface area contributed by atoms with Crippen molar-refractivity contribution < 1.29 is 22.7 Å². The lowest BCUT2D eigenvalue weighted by Crippen LogP contribution is -2.47. The van der Waals surface area contributed by atoms with Crippen molar-refractivity contribution in [2.45, 2.75) is 87.3 Å². The molecular formula is C31H44BrN3O5S. The summed E-state index contributed by atoms with van der Waals surface area (Å²) in [5.74, 6) is 0.163. The summed E-state index contributed by atoms with van der Waals surface area (Å²) in [7, 11) is -2.38. The molecule has 0 saturated carbocycles. The number of aliphatic imine (C=N–C) groups is 1. The average molecular weight is 651 g/mol. The normalized spacial score (nSPS) is 14.7. The highest BCUT2D eigenvalue weighted by molar-refractivity contribution is 9.10. The molecule has 1 amide bonds. The number of nitrogens with one attached hydrogen (secondary N) is 1. The third kappa shape index (κ3) is 9.82. The Morgan fingerprint density at radius 3 is 2.22 bits per heavy atom. The molecule has 1 heterocycles. The molecule has 1 atom stereocenters.